The molecule has 1 heterocycles. The Morgan fingerprint density at radius 1 is 0.915 bits per heavy atom. The van der Waals surface area contributed by atoms with Gasteiger partial charge < -0.3 is 35.0 Å². The summed E-state index contributed by atoms with van der Waals surface area (Å²) in [7, 11) is 0. The average molecular weight is 661 g/mol. The number of aliphatic hydroxyl groups is 4. The second-order valence-corrected chi connectivity index (χ2v) is 18.4. The summed E-state index contributed by atoms with van der Waals surface area (Å²) in [5, 5.41) is 51.6. The summed E-state index contributed by atoms with van der Waals surface area (Å²) in [5.74, 6) is 0.0963. The van der Waals surface area contributed by atoms with Gasteiger partial charge in [-0.15, -0.1) is 0 Å². The molecule has 9 heteroatoms. The largest absolute Gasteiger partial charge is 0.481 e. The van der Waals surface area contributed by atoms with Gasteiger partial charge in [-0.3, -0.25) is 9.59 Å². The van der Waals surface area contributed by atoms with Gasteiger partial charge in [-0.25, -0.2) is 0 Å². The normalized spacial score (nSPS) is 51.5. The molecule has 6 aliphatic rings. The van der Waals surface area contributed by atoms with Gasteiger partial charge in [-0.2, -0.15) is 0 Å². The van der Waals surface area contributed by atoms with Crippen LogP contribution in [0.15, 0.2) is 11.6 Å². The molecule has 0 aromatic heterocycles. The number of carboxylic acids is 1. The zero-order chi connectivity index (χ0) is 34.5. The number of ether oxygens (including phenoxy) is 2. The van der Waals surface area contributed by atoms with E-state index in [1.807, 2.05) is 13.0 Å². The number of aliphatic hydroxyl groups excluding tert-OH is 4. The quantitative estimate of drug-likeness (QED) is 0.274. The monoisotopic (exact) mass is 660 g/mol. The average Bonchev–Trinajstić information content (AvgIpc) is 2.98. The summed E-state index contributed by atoms with van der Waals surface area (Å²) in [4.78, 5) is 26.8. The Morgan fingerprint density at radius 2 is 1.60 bits per heavy atom. The molecule has 1 aliphatic heterocycles. The molecule has 15 atom stereocenters. The second-order valence-electron chi connectivity index (χ2n) is 18.4. The highest BCUT2D eigenvalue weighted by atomic mass is 16.5. The van der Waals surface area contributed by atoms with Crippen LogP contribution >= 0.6 is 0 Å². The molecule has 9 nitrogen and oxygen atoms in total. The van der Waals surface area contributed by atoms with Gasteiger partial charge in [0.05, 0.1) is 36.4 Å². The van der Waals surface area contributed by atoms with Crippen LogP contribution < -0.4 is 0 Å². The van der Waals surface area contributed by atoms with Crippen LogP contribution in [0.3, 0.4) is 0 Å². The highest BCUT2D eigenvalue weighted by Crippen LogP contribution is 2.71. The maximum Gasteiger partial charge on any atom is 0.309 e. The molecule has 5 N–H and O–H groups in total. The van der Waals surface area contributed by atoms with Crippen LogP contribution in [-0.2, 0) is 19.1 Å². The Labute approximate surface area is 280 Å². The number of hydrogen-bond acceptors (Lipinski definition) is 8. The van der Waals surface area contributed by atoms with Crippen LogP contribution in [0.2, 0.25) is 0 Å². The van der Waals surface area contributed by atoms with Crippen LogP contribution in [0, 0.1) is 50.7 Å². The Morgan fingerprint density at radius 3 is 2.28 bits per heavy atom. The van der Waals surface area contributed by atoms with Crippen molar-refractivity contribution in [1.29, 1.82) is 0 Å². The van der Waals surface area contributed by atoms with Crippen LogP contribution in [0.4, 0.5) is 0 Å². The molecule has 6 rings (SSSR count). The molecule has 0 aromatic carbocycles. The van der Waals surface area contributed by atoms with Crippen LogP contribution in [0.1, 0.15) is 113 Å². The van der Waals surface area contributed by atoms with Gasteiger partial charge in [0.25, 0.3) is 0 Å². The summed E-state index contributed by atoms with van der Waals surface area (Å²) in [6.45, 7) is 15.1. The predicted molar refractivity (Wildman–Crippen MR) is 175 cm³/mol. The summed E-state index contributed by atoms with van der Waals surface area (Å²) >= 11 is 0. The first-order chi connectivity index (χ1) is 21.8. The number of aliphatic carboxylic acids is 1. The van der Waals surface area contributed by atoms with Gasteiger partial charge in [-0.05, 0) is 117 Å². The van der Waals surface area contributed by atoms with Gasteiger partial charge >= 0.3 is 5.97 Å². The van der Waals surface area contributed by atoms with E-state index in [4.69, 9.17) is 9.47 Å². The van der Waals surface area contributed by atoms with Gasteiger partial charge in [0.2, 0.25) is 0 Å². The van der Waals surface area contributed by atoms with E-state index in [0.29, 0.717) is 18.8 Å². The van der Waals surface area contributed by atoms with E-state index in [1.165, 1.54) is 5.57 Å². The molecular formula is C38H60O9. The number of carbonyl (C=O) groups excluding carboxylic acids is 1. The number of carbonyl (C=O) groups is 2. The van der Waals surface area contributed by atoms with Crippen LogP contribution in [0.25, 0.3) is 0 Å². The molecule has 0 aromatic rings. The summed E-state index contributed by atoms with van der Waals surface area (Å²) in [6.07, 6.45) is 3.70. The van der Waals surface area contributed by atoms with E-state index in [-0.39, 0.29) is 64.3 Å². The third kappa shape index (κ3) is 5.49. The van der Waals surface area contributed by atoms with E-state index in [2.05, 4.69) is 34.6 Å². The Hall–Kier alpha value is -1.36. The molecule has 1 saturated heterocycles. The van der Waals surface area contributed by atoms with Crippen molar-refractivity contribution in [1.82, 2.24) is 0 Å². The molecule has 0 spiro atoms. The predicted octanol–water partition coefficient (Wildman–Crippen LogP) is 4.67. The zero-order valence-corrected chi connectivity index (χ0v) is 29.6. The molecule has 5 aliphatic carbocycles. The van der Waals surface area contributed by atoms with Crippen molar-refractivity contribution in [2.24, 2.45) is 50.7 Å². The number of carboxylic acid groups (broad SMARTS) is 1. The fraction of sp³-hybridized carbons (Fsp3) is 0.895. The number of hydrogen-bond donors (Lipinski definition) is 5. The number of ketones is 1. The first kappa shape index (κ1) is 35.5. The fourth-order valence-corrected chi connectivity index (χ4v) is 12.3. The first-order valence-electron chi connectivity index (χ1n) is 18.3. The van der Waals surface area contributed by atoms with E-state index in [1.54, 1.807) is 6.92 Å². The van der Waals surface area contributed by atoms with E-state index in [0.717, 1.165) is 44.9 Å². The third-order valence-electron chi connectivity index (χ3n) is 15.2. The lowest BCUT2D eigenvalue weighted by Crippen LogP contribution is -2.64. The minimum absolute atomic E-state index is 0.0460. The minimum Gasteiger partial charge on any atom is -0.481 e. The molecule has 0 bridgehead atoms. The molecule has 0 amide bonds. The van der Waals surface area contributed by atoms with Crippen LogP contribution in [-0.4, -0.2) is 86.6 Å². The molecule has 5 fully saturated rings. The third-order valence-corrected chi connectivity index (χ3v) is 15.2. The standard InChI is InChI=1S/C38H60O9/c1-20-29(41)31(43)30(42)26(47-20)16-21(39)19-46-28-10-13-38(7)27(34(28,2)3)9-12-37(6)23-8-11-35(4)14-15-36(5,33(44)45)18-24(35)22(23)17-25(40)32(37)38/h17,20-21,23-24,26-32,39,41-43H,8-16,18-19H2,1-7H3,(H,44,45)/t20-,21?,23?,24-,26-,27?,28-,29+,30+,31+,32-,35-,36-,37-,38-/m0/s1. The number of allylic oxidation sites excluding steroid dienone is 2. The lowest BCUT2D eigenvalue weighted by Gasteiger charge is -2.67. The van der Waals surface area contributed by atoms with Crippen molar-refractivity contribution in [2.45, 2.75) is 155 Å². The van der Waals surface area contributed by atoms with Crippen molar-refractivity contribution in [3.63, 3.8) is 0 Å². The molecule has 0 radical (unpaired) electrons. The lowest BCUT2D eigenvalue weighted by atomic mass is 9.37. The summed E-state index contributed by atoms with van der Waals surface area (Å²) < 4.78 is 12.1. The highest BCUT2D eigenvalue weighted by Gasteiger charge is 2.67. The fourth-order valence-electron chi connectivity index (χ4n) is 12.3. The molecule has 266 valence electrons. The number of fused-ring (bicyclic) bond motifs is 7. The molecular weight excluding hydrogens is 600 g/mol. The van der Waals surface area contributed by atoms with Gasteiger partial charge in [-0.1, -0.05) is 40.2 Å². The van der Waals surface area contributed by atoms with Crippen molar-refractivity contribution in [3.8, 4) is 0 Å². The first-order valence-corrected chi connectivity index (χ1v) is 18.3. The second kappa shape index (κ2) is 11.9. The van der Waals surface area contributed by atoms with Gasteiger partial charge in [0.15, 0.2) is 5.78 Å². The number of rotatable bonds is 6. The summed E-state index contributed by atoms with van der Waals surface area (Å²) in [5.41, 5.74) is -0.0783. The lowest BCUT2D eigenvalue weighted by molar-refractivity contribution is -0.226. The van der Waals surface area contributed by atoms with Crippen molar-refractivity contribution < 1.29 is 44.6 Å². The van der Waals surface area contributed by atoms with E-state index >= 15 is 0 Å². The molecule has 47 heavy (non-hydrogen) atoms. The zero-order valence-electron chi connectivity index (χ0n) is 29.6. The highest BCUT2D eigenvalue weighted by molar-refractivity contribution is 5.95. The van der Waals surface area contributed by atoms with E-state index < -0.39 is 48.0 Å². The summed E-state index contributed by atoms with van der Waals surface area (Å²) in [6, 6.07) is 0. The maximum absolute atomic E-state index is 14.5. The Kier molecular flexibility index (Phi) is 8.95. The molecule has 4 saturated carbocycles. The molecule has 3 unspecified atom stereocenters. The topological polar surface area (TPSA) is 154 Å². The maximum atomic E-state index is 14.5. The van der Waals surface area contributed by atoms with Crippen molar-refractivity contribution in [2.75, 3.05) is 6.61 Å². The Bertz CT molecular complexity index is 1280. The van der Waals surface area contributed by atoms with Crippen molar-refractivity contribution >= 4 is 11.8 Å². The Balaban J connectivity index is 1.18. The van der Waals surface area contributed by atoms with Gasteiger partial charge in [0, 0.05) is 12.3 Å². The van der Waals surface area contributed by atoms with Crippen LogP contribution in [0.5, 0.6) is 0 Å². The smallest absolute Gasteiger partial charge is 0.309 e. The minimum atomic E-state index is -1.33. The van der Waals surface area contributed by atoms with Gasteiger partial charge in [0.1, 0.15) is 18.3 Å². The SMILES string of the molecule is C[C@@H]1O[C@@H](CC(O)CO[C@H]2CC[C@@]3(C)C(CC[C@@]4(C)C5CC[C@@]6(C)CC[C@](C)(C(=O)O)C[C@H]6C5=CC(=O)[C@@H]43)C2(C)C)[C@@H](O)[C@H](O)[C@@H]1O. The van der Waals surface area contributed by atoms with Crippen molar-refractivity contribution in [3.05, 3.63) is 11.6 Å². The van der Waals surface area contributed by atoms with E-state index in [9.17, 15) is 35.1 Å².